The summed E-state index contributed by atoms with van der Waals surface area (Å²) in [5.74, 6) is -1.12. The Morgan fingerprint density at radius 2 is 1.62 bits per heavy atom. The third-order valence-electron chi connectivity index (χ3n) is 3.74. The monoisotopic (exact) mass is 301 g/mol. The molecule has 2 rings (SSSR count). The van der Waals surface area contributed by atoms with Crippen molar-refractivity contribution in [3.63, 3.8) is 0 Å². The first kappa shape index (κ1) is 15.6. The Labute approximate surface area is 120 Å². The molecule has 1 aliphatic carbocycles. The van der Waals surface area contributed by atoms with Crippen molar-refractivity contribution in [3.8, 4) is 11.8 Å². The number of hydrogen-bond donors (Lipinski definition) is 0. The summed E-state index contributed by atoms with van der Waals surface area (Å²) < 4.78 is 50.6. The van der Waals surface area contributed by atoms with Crippen molar-refractivity contribution in [3.05, 3.63) is 29.8 Å². The van der Waals surface area contributed by atoms with Gasteiger partial charge in [-0.15, -0.1) is 13.2 Å². The lowest BCUT2D eigenvalue weighted by Crippen LogP contribution is -2.56. The van der Waals surface area contributed by atoms with Crippen LogP contribution >= 0.6 is 0 Å². The Morgan fingerprint density at radius 1 is 1.10 bits per heavy atom. The topological polar surface area (TPSA) is 51.5 Å². The maximum atomic E-state index is 12.1. The summed E-state index contributed by atoms with van der Waals surface area (Å²) in [7, 11) is 2.98. The largest absolute Gasteiger partial charge is 0.573 e. The SMILES string of the molecule is COC1(OC)CC(C#N)(c2ccc(OC(F)(F)F)cc2)C1. The van der Waals surface area contributed by atoms with Crippen LogP contribution in [0.2, 0.25) is 0 Å². The molecule has 21 heavy (non-hydrogen) atoms. The number of halogens is 3. The van der Waals surface area contributed by atoms with Crippen molar-refractivity contribution in [2.45, 2.75) is 30.4 Å². The Hall–Kier alpha value is -1.78. The summed E-state index contributed by atoms with van der Waals surface area (Å²) in [5.41, 5.74) is -0.202. The van der Waals surface area contributed by atoms with E-state index in [4.69, 9.17) is 9.47 Å². The van der Waals surface area contributed by atoms with Crippen molar-refractivity contribution < 1.29 is 27.4 Å². The molecule has 0 unspecified atom stereocenters. The van der Waals surface area contributed by atoms with Crippen LogP contribution in [0.3, 0.4) is 0 Å². The first-order valence-electron chi connectivity index (χ1n) is 6.16. The van der Waals surface area contributed by atoms with Gasteiger partial charge in [0.2, 0.25) is 0 Å². The summed E-state index contributed by atoms with van der Waals surface area (Å²) in [6.45, 7) is 0. The van der Waals surface area contributed by atoms with Crippen LogP contribution < -0.4 is 4.74 Å². The molecule has 1 aromatic carbocycles. The second-order valence-electron chi connectivity index (χ2n) is 4.94. The van der Waals surface area contributed by atoms with Crippen LogP contribution in [0.15, 0.2) is 24.3 Å². The van der Waals surface area contributed by atoms with E-state index >= 15 is 0 Å². The van der Waals surface area contributed by atoms with Gasteiger partial charge in [-0.3, -0.25) is 0 Å². The van der Waals surface area contributed by atoms with Gasteiger partial charge in [0.1, 0.15) is 5.75 Å². The molecule has 0 amide bonds. The van der Waals surface area contributed by atoms with Crippen LogP contribution in [-0.4, -0.2) is 26.4 Å². The van der Waals surface area contributed by atoms with Crippen LogP contribution in [0, 0.1) is 11.3 Å². The lowest BCUT2D eigenvalue weighted by molar-refractivity contribution is -0.274. The van der Waals surface area contributed by atoms with E-state index in [-0.39, 0.29) is 5.75 Å². The highest BCUT2D eigenvalue weighted by Crippen LogP contribution is 2.52. The summed E-state index contributed by atoms with van der Waals surface area (Å²) in [6, 6.07) is 7.51. The second-order valence-corrected chi connectivity index (χ2v) is 4.94. The average Bonchev–Trinajstić information content (AvgIpc) is 2.39. The number of benzene rings is 1. The zero-order valence-corrected chi connectivity index (χ0v) is 11.5. The van der Waals surface area contributed by atoms with Crippen molar-refractivity contribution in [2.75, 3.05) is 14.2 Å². The predicted molar refractivity (Wildman–Crippen MR) is 66.4 cm³/mol. The fourth-order valence-electron chi connectivity index (χ4n) is 2.56. The molecule has 0 spiro atoms. The van der Waals surface area contributed by atoms with Gasteiger partial charge in [0.05, 0.1) is 11.5 Å². The van der Waals surface area contributed by atoms with Crippen LogP contribution in [0.4, 0.5) is 13.2 Å². The summed E-state index contributed by atoms with van der Waals surface area (Å²) in [6.07, 6.45) is -4.09. The fourth-order valence-corrected chi connectivity index (χ4v) is 2.56. The molecule has 0 aromatic heterocycles. The first-order valence-corrected chi connectivity index (χ1v) is 6.16. The lowest BCUT2D eigenvalue weighted by Gasteiger charge is -2.50. The predicted octanol–water partition coefficient (Wildman–Crippen LogP) is 3.13. The van der Waals surface area contributed by atoms with Crippen LogP contribution in [0.1, 0.15) is 18.4 Å². The first-order chi connectivity index (χ1) is 9.78. The molecule has 0 saturated heterocycles. The maximum absolute atomic E-state index is 12.1. The molecule has 4 nitrogen and oxygen atoms in total. The minimum Gasteiger partial charge on any atom is -0.406 e. The molecule has 1 saturated carbocycles. The minimum absolute atomic E-state index is 0.316. The number of nitrogens with zero attached hydrogens (tertiary/aromatic N) is 1. The van der Waals surface area contributed by atoms with E-state index < -0.39 is 17.6 Å². The third kappa shape index (κ3) is 2.96. The van der Waals surface area contributed by atoms with Crippen molar-refractivity contribution in [2.24, 2.45) is 0 Å². The van der Waals surface area contributed by atoms with Gasteiger partial charge in [-0.1, -0.05) is 12.1 Å². The zero-order valence-electron chi connectivity index (χ0n) is 11.5. The summed E-state index contributed by atoms with van der Waals surface area (Å²) in [4.78, 5) is 0. The number of hydrogen-bond acceptors (Lipinski definition) is 4. The molecule has 7 heteroatoms. The van der Waals surface area contributed by atoms with Gasteiger partial charge in [-0.05, 0) is 17.7 Å². The molecule has 0 heterocycles. The number of ether oxygens (including phenoxy) is 3. The molecule has 0 aliphatic heterocycles. The van der Waals surface area contributed by atoms with Gasteiger partial charge in [-0.2, -0.15) is 5.26 Å². The van der Waals surface area contributed by atoms with Gasteiger partial charge in [0.15, 0.2) is 5.79 Å². The Bertz CT molecular complexity index is 536. The van der Waals surface area contributed by atoms with Crippen LogP contribution in [0.5, 0.6) is 5.75 Å². The molecular formula is C14H14F3NO3. The third-order valence-corrected chi connectivity index (χ3v) is 3.74. The average molecular weight is 301 g/mol. The Morgan fingerprint density at radius 3 is 2.00 bits per heavy atom. The number of nitriles is 1. The standard InChI is InChI=1S/C14H14F3NO3/c1-19-13(20-2)7-12(8-13,9-18)10-3-5-11(6-4-10)21-14(15,16)17/h3-6H,7-8H2,1-2H3. The molecule has 0 N–H and O–H groups in total. The fraction of sp³-hybridized carbons (Fsp3) is 0.500. The minimum atomic E-state index is -4.73. The van der Waals surface area contributed by atoms with Crippen LogP contribution in [0.25, 0.3) is 0 Å². The molecule has 1 fully saturated rings. The van der Waals surface area contributed by atoms with E-state index in [9.17, 15) is 18.4 Å². The highest BCUT2D eigenvalue weighted by atomic mass is 19.4. The highest BCUT2D eigenvalue weighted by Gasteiger charge is 2.57. The van der Waals surface area contributed by atoms with E-state index in [0.717, 1.165) is 0 Å². The zero-order chi connectivity index (χ0) is 15.7. The van der Waals surface area contributed by atoms with E-state index in [1.165, 1.54) is 38.5 Å². The number of methoxy groups -OCH3 is 2. The van der Waals surface area contributed by atoms with E-state index in [2.05, 4.69) is 10.8 Å². The second kappa shape index (κ2) is 5.20. The molecule has 1 aliphatic rings. The number of alkyl halides is 3. The highest BCUT2D eigenvalue weighted by molar-refractivity contribution is 5.40. The Balaban J connectivity index is 2.17. The normalized spacial score (nSPS) is 19.4. The smallest absolute Gasteiger partial charge is 0.406 e. The van der Waals surface area contributed by atoms with Crippen molar-refractivity contribution in [1.82, 2.24) is 0 Å². The van der Waals surface area contributed by atoms with Gasteiger partial charge in [0.25, 0.3) is 0 Å². The molecule has 0 atom stereocenters. The molecule has 114 valence electrons. The van der Waals surface area contributed by atoms with Gasteiger partial charge < -0.3 is 14.2 Å². The summed E-state index contributed by atoms with van der Waals surface area (Å²) in [5, 5.41) is 9.40. The number of rotatable bonds is 4. The van der Waals surface area contributed by atoms with E-state index in [1.54, 1.807) is 0 Å². The Kier molecular flexibility index (Phi) is 3.87. The van der Waals surface area contributed by atoms with Gasteiger partial charge >= 0.3 is 6.36 Å². The molecule has 0 radical (unpaired) electrons. The van der Waals surface area contributed by atoms with E-state index in [1.807, 2.05) is 0 Å². The molecule has 1 aromatic rings. The lowest BCUT2D eigenvalue weighted by atomic mass is 9.61. The molecular weight excluding hydrogens is 287 g/mol. The van der Waals surface area contributed by atoms with Crippen LogP contribution in [-0.2, 0) is 14.9 Å². The van der Waals surface area contributed by atoms with Gasteiger partial charge in [-0.25, -0.2) is 0 Å². The quantitative estimate of drug-likeness (QED) is 0.802. The molecule has 0 bridgehead atoms. The van der Waals surface area contributed by atoms with Crippen molar-refractivity contribution in [1.29, 1.82) is 5.26 Å². The van der Waals surface area contributed by atoms with Gasteiger partial charge in [0, 0.05) is 27.1 Å². The van der Waals surface area contributed by atoms with E-state index in [0.29, 0.717) is 18.4 Å². The maximum Gasteiger partial charge on any atom is 0.573 e. The summed E-state index contributed by atoms with van der Waals surface area (Å²) >= 11 is 0. The van der Waals surface area contributed by atoms with Crippen molar-refractivity contribution >= 4 is 0 Å².